The Morgan fingerprint density at radius 3 is 2.58 bits per heavy atom. The summed E-state index contributed by atoms with van der Waals surface area (Å²) in [6.45, 7) is 0.577. The molecule has 0 bridgehead atoms. The molecule has 0 unspecified atom stereocenters. The first-order chi connectivity index (χ1) is 9.00. The number of piperidine rings is 1. The summed E-state index contributed by atoms with van der Waals surface area (Å²) in [6, 6.07) is 4.75. The van der Waals surface area contributed by atoms with E-state index in [-0.39, 0.29) is 24.2 Å². The highest BCUT2D eigenvalue weighted by molar-refractivity contribution is 7.89. The molecule has 2 heterocycles. The maximum atomic E-state index is 12.2. The van der Waals surface area contributed by atoms with Gasteiger partial charge < -0.3 is 10.5 Å². The highest BCUT2D eigenvalue weighted by Gasteiger charge is 2.31. The van der Waals surface area contributed by atoms with Gasteiger partial charge in [0, 0.05) is 19.3 Å². The summed E-state index contributed by atoms with van der Waals surface area (Å²) in [5, 5.41) is 0.0317. The number of sulfonamides is 1. The molecule has 0 saturated carbocycles. The summed E-state index contributed by atoms with van der Waals surface area (Å²) < 4.78 is 30.7. The highest BCUT2D eigenvalue weighted by atomic mass is 32.2. The van der Waals surface area contributed by atoms with Crippen LogP contribution in [-0.4, -0.2) is 43.0 Å². The van der Waals surface area contributed by atoms with Gasteiger partial charge >= 0.3 is 6.09 Å². The molecule has 1 aromatic heterocycles. The fourth-order valence-electron chi connectivity index (χ4n) is 1.99. The van der Waals surface area contributed by atoms with Crippen LogP contribution in [0.1, 0.15) is 12.8 Å². The lowest BCUT2D eigenvalue weighted by Gasteiger charge is -2.30. The summed E-state index contributed by atoms with van der Waals surface area (Å²) in [6.07, 6.45) is 1.18. The molecule has 1 aliphatic rings. The number of hydrogen-bond donors (Lipinski definition) is 1. The van der Waals surface area contributed by atoms with Gasteiger partial charge in [-0.2, -0.15) is 4.31 Å². The molecular weight excluding hydrogens is 270 g/mol. The van der Waals surface area contributed by atoms with Crippen LogP contribution in [0.25, 0.3) is 0 Å². The Morgan fingerprint density at radius 2 is 2.05 bits per heavy atom. The lowest BCUT2D eigenvalue weighted by atomic mass is 10.1. The fourth-order valence-corrected chi connectivity index (χ4v) is 3.39. The van der Waals surface area contributed by atoms with E-state index in [0.29, 0.717) is 12.8 Å². The Bertz CT molecular complexity index is 538. The average molecular weight is 285 g/mol. The van der Waals surface area contributed by atoms with Gasteiger partial charge in [-0.05, 0) is 25.0 Å². The van der Waals surface area contributed by atoms with Crippen molar-refractivity contribution in [3.63, 3.8) is 0 Å². The third-order valence-corrected chi connectivity index (χ3v) is 4.74. The van der Waals surface area contributed by atoms with Gasteiger partial charge in [-0.25, -0.2) is 18.2 Å². The van der Waals surface area contributed by atoms with E-state index in [0.717, 1.165) is 0 Å². The Kier molecular flexibility index (Phi) is 4.01. The lowest BCUT2D eigenvalue weighted by Crippen LogP contribution is -2.42. The SMILES string of the molecule is NC(=O)OC1CCN(S(=O)(=O)c2ccccn2)CC1. The van der Waals surface area contributed by atoms with E-state index >= 15 is 0 Å². The molecule has 0 atom stereocenters. The van der Waals surface area contributed by atoms with Crippen LogP contribution >= 0.6 is 0 Å². The molecule has 1 fully saturated rings. The Hall–Kier alpha value is -1.67. The predicted octanol–water partition coefficient (Wildman–Crippen LogP) is 0.330. The molecule has 0 aliphatic carbocycles. The summed E-state index contributed by atoms with van der Waals surface area (Å²) in [5.41, 5.74) is 4.93. The largest absolute Gasteiger partial charge is 0.446 e. The van der Waals surface area contributed by atoms with E-state index in [1.807, 2.05) is 0 Å². The van der Waals surface area contributed by atoms with Crippen LogP contribution in [-0.2, 0) is 14.8 Å². The number of rotatable bonds is 3. The van der Waals surface area contributed by atoms with E-state index in [2.05, 4.69) is 4.98 Å². The third kappa shape index (κ3) is 3.21. The van der Waals surface area contributed by atoms with Crippen LogP contribution in [0.15, 0.2) is 29.4 Å². The number of primary amides is 1. The number of hydrogen-bond acceptors (Lipinski definition) is 5. The van der Waals surface area contributed by atoms with Crippen molar-refractivity contribution in [3.05, 3.63) is 24.4 Å². The molecule has 2 N–H and O–H groups in total. The van der Waals surface area contributed by atoms with Gasteiger partial charge in [0.25, 0.3) is 10.0 Å². The van der Waals surface area contributed by atoms with Crippen molar-refractivity contribution in [1.29, 1.82) is 0 Å². The first kappa shape index (κ1) is 13.8. The summed E-state index contributed by atoms with van der Waals surface area (Å²) in [7, 11) is -3.56. The summed E-state index contributed by atoms with van der Waals surface area (Å²) in [4.78, 5) is 14.5. The second-order valence-electron chi connectivity index (χ2n) is 4.21. The van der Waals surface area contributed by atoms with Gasteiger partial charge in [0.2, 0.25) is 0 Å². The van der Waals surface area contributed by atoms with Crippen molar-refractivity contribution < 1.29 is 17.9 Å². The molecule has 7 nitrogen and oxygen atoms in total. The second kappa shape index (κ2) is 5.54. The standard InChI is InChI=1S/C11H15N3O4S/c12-11(15)18-9-4-7-14(8-5-9)19(16,17)10-3-1-2-6-13-10/h1-3,6,9H,4-5,7-8H2,(H2,12,15). The molecule has 104 valence electrons. The number of pyridine rings is 1. The quantitative estimate of drug-likeness (QED) is 0.862. The normalized spacial score (nSPS) is 18.1. The van der Waals surface area contributed by atoms with Crippen molar-refractivity contribution >= 4 is 16.1 Å². The zero-order valence-electron chi connectivity index (χ0n) is 10.2. The molecule has 1 saturated heterocycles. The molecule has 0 spiro atoms. The Labute approximate surface area is 111 Å². The molecule has 0 radical (unpaired) electrons. The van der Waals surface area contributed by atoms with Gasteiger partial charge in [0.1, 0.15) is 6.10 Å². The topological polar surface area (TPSA) is 103 Å². The van der Waals surface area contributed by atoms with Crippen LogP contribution in [0.4, 0.5) is 4.79 Å². The van der Waals surface area contributed by atoms with Gasteiger partial charge in [0.05, 0.1) is 0 Å². The number of carbonyl (C=O) groups is 1. The van der Waals surface area contributed by atoms with Crippen molar-refractivity contribution in [2.45, 2.75) is 24.0 Å². The molecule has 0 aromatic carbocycles. The summed E-state index contributed by atoms with van der Waals surface area (Å²) in [5.74, 6) is 0. The smallest absolute Gasteiger partial charge is 0.404 e. The minimum atomic E-state index is -3.56. The number of amides is 1. The maximum Gasteiger partial charge on any atom is 0.404 e. The minimum absolute atomic E-state index is 0.0317. The molecule has 8 heteroatoms. The number of ether oxygens (including phenoxy) is 1. The average Bonchev–Trinajstić information content (AvgIpc) is 2.40. The molecule has 1 aromatic rings. The first-order valence-electron chi connectivity index (χ1n) is 5.87. The van der Waals surface area contributed by atoms with Crippen LogP contribution < -0.4 is 5.73 Å². The van der Waals surface area contributed by atoms with E-state index in [9.17, 15) is 13.2 Å². The highest BCUT2D eigenvalue weighted by Crippen LogP contribution is 2.20. The zero-order valence-corrected chi connectivity index (χ0v) is 11.0. The minimum Gasteiger partial charge on any atom is -0.446 e. The van der Waals surface area contributed by atoms with E-state index in [1.54, 1.807) is 12.1 Å². The van der Waals surface area contributed by atoms with Crippen molar-refractivity contribution in [2.75, 3.05) is 13.1 Å². The van der Waals surface area contributed by atoms with Crippen LogP contribution in [0.2, 0.25) is 0 Å². The van der Waals surface area contributed by atoms with E-state index in [1.165, 1.54) is 16.6 Å². The molecule has 2 rings (SSSR count). The van der Waals surface area contributed by atoms with Crippen molar-refractivity contribution in [1.82, 2.24) is 9.29 Å². The van der Waals surface area contributed by atoms with Crippen molar-refractivity contribution in [2.24, 2.45) is 5.73 Å². The van der Waals surface area contributed by atoms with Gasteiger partial charge in [-0.3, -0.25) is 0 Å². The van der Waals surface area contributed by atoms with E-state index in [4.69, 9.17) is 10.5 Å². The Morgan fingerprint density at radius 1 is 1.37 bits per heavy atom. The number of aromatic nitrogens is 1. The number of nitrogens with zero attached hydrogens (tertiary/aromatic N) is 2. The van der Waals surface area contributed by atoms with E-state index < -0.39 is 16.1 Å². The van der Waals surface area contributed by atoms with Crippen LogP contribution in [0.5, 0.6) is 0 Å². The molecule has 1 amide bonds. The van der Waals surface area contributed by atoms with Gasteiger partial charge in [-0.15, -0.1) is 0 Å². The Balaban J connectivity index is 2.03. The third-order valence-electron chi connectivity index (χ3n) is 2.93. The molecular formula is C11H15N3O4S. The number of nitrogens with two attached hydrogens (primary N) is 1. The second-order valence-corrected chi connectivity index (χ2v) is 6.09. The van der Waals surface area contributed by atoms with Crippen LogP contribution in [0, 0.1) is 0 Å². The summed E-state index contributed by atoms with van der Waals surface area (Å²) >= 11 is 0. The maximum absolute atomic E-state index is 12.2. The monoisotopic (exact) mass is 285 g/mol. The first-order valence-corrected chi connectivity index (χ1v) is 7.31. The molecule has 19 heavy (non-hydrogen) atoms. The van der Waals surface area contributed by atoms with Crippen molar-refractivity contribution in [3.8, 4) is 0 Å². The zero-order chi connectivity index (χ0) is 13.9. The molecule has 1 aliphatic heterocycles. The fraction of sp³-hybridized carbons (Fsp3) is 0.455. The predicted molar refractivity (Wildman–Crippen MR) is 66.7 cm³/mol. The van der Waals surface area contributed by atoms with Gasteiger partial charge in [0.15, 0.2) is 5.03 Å². The van der Waals surface area contributed by atoms with Gasteiger partial charge in [-0.1, -0.05) is 6.07 Å². The lowest BCUT2D eigenvalue weighted by molar-refractivity contribution is 0.0740. The van der Waals surface area contributed by atoms with Crippen LogP contribution in [0.3, 0.4) is 0 Å². The number of carbonyl (C=O) groups excluding carboxylic acids is 1.